The SMILES string of the molecule is CCC[C@H](C)NC(=O)COC(=O)c1ccc2c(c1)SC1=NS(=O)(=O)CCN12. The molecule has 0 saturated heterocycles. The van der Waals surface area contributed by atoms with Gasteiger partial charge in [0, 0.05) is 17.5 Å². The summed E-state index contributed by atoms with van der Waals surface area (Å²) >= 11 is 1.20. The van der Waals surface area contributed by atoms with Gasteiger partial charge >= 0.3 is 5.97 Å². The molecule has 0 unspecified atom stereocenters. The fourth-order valence-electron chi connectivity index (χ4n) is 2.89. The monoisotopic (exact) mass is 411 g/mol. The van der Waals surface area contributed by atoms with Gasteiger partial charge in [-0.3, -0.25) is 4.79 Å². The summed E-state index contributed by atoms with van der Waals surface area (Å²) in [5.74, 6) is -0.973. The molecule has 1 aromatic rings. The van der Waals surface area contributed by atoms with Crippen molar-refractivity contribution < 1.29 is 22.7 Å². The number of hydrogen-bond donors (Lipinski definition) is 1. The van der Waals surface area contributed by atoms with Crippen LogP contribution in [-0.2, 0) is 19.6 Å². The summed E-state index contributed by atoms with van der Waals surface area (Å²) in [7, 11) is -3.42. The van der Waals surface area contributed by atoms with Gasteiger partial charge in [-0.05, 0) is 43.3 Å². The Kier molecular flexibility index (Phi) is 5.75. The van der Waals surface area contributed by atoms with E-state index in [0.717, 1.165) is 23.4 Å². The Bertz CT molecular complexity index is 898. The van der Waals surface area contributed by atoms with Gasteiger partial charge in [-0.2, -0.15) is 0 Å². The second-order valence-corrected chi connectivity index (χ2v) is 9.19. The number of sulfonamides is 1. The van der Waals surface area contributed by atoms with Crippen molar-refractivity contribution in [3.8, 4) is 0 Å². The van der Waals surface area contributed by atoms with E-state index >= 15 is 0 Å². The van der Waals surface area contributed by atoms with Crippen LogP contribution in [0.4, 0.5) is 5.69 Å². The Balaban J connectivity index is 1.63. The number of nitrogens with zero attached hydrogens (tertiary/aromatic N) is 2. The van der Waals surface area contributed by atoms with Crippen molar-refractivity contribution in [1.82, 2.24) is 5.32 Å². The Morgan fingerprint density at radius 3 is 2.93 bits per heavy atom. The van der Waals surface area contributed by atoms with Gasteiger partial charge in [0.2, 0.25) is 0 Å². The van der Waals surface area contributed by atoms with Gasteiger partial charge in [0.15, 0.2) is 11.8 Å². The zero-order valence-electron chi connectivity index (χ0n) is 15.1. The largest absolute Gasteiger partial charge is 0.452 e. The molecule has 8 nitrogen and oxygen atoms in total. The molecule has 0 bridgehead atoms. The lowest BCUT2D eigenvalue weighted by Crippen LogP contribution is -2.35. The van der Waals surface area contributed by atoms with Crippen LogP contribution in [0.3, 0.4) is 0 Å². The average Bonchev–Trinajstić information content (AvgIpc) is 2.94. The van der Waals surface area contributed by atoms with E-state index in [-0.39, 0.29) is 24.3 Å². The van der Waals surface area contributed by atoms with Crippen molar-refractivity contribution in [2.45, 2.75) is 37.6 Å². The fraction of sp³-hybridized carbons (Fsp3) is 0.471. The summed E-state index contributed by atoms with van der Waals surface area (Å²) in [5.41, 5.74) is 1.12. The second kappa shape index (κ2) is 7.89. The van der Waals surface area contributed by atoms with E-state index in [9.17, 15) is 18.0 Å². The summed E-state index contributed by atoms with van der Waals surface area (Å²) in [6.45, 7) is 3.93. The molecule has 3 rings (SSSR count). The molecule has 0 aromatic heterocycles. The van der Waals surface area contributed by atoms with Gasteiger partial charge in [0.05, 0.1) is 17.0 Å². The van der Waals surface area contributed by atoms with Crippen LogP contribution in [-0.4, -0.2) is 50.4 Å². The first-order valence-corrected chi connectivity index (χ1v) is 11.1. The van der Waals surface area contributed by atoms with Gasteiger partial charge in [-0.25, -0.2) is 13.2 Å². The number of amides is 1. The molecule has 0 aliphatic carbocycles. The number of carbonyl (C=O) groups excluding carboxylic acids is 2. The first-order valence-electron chi connectivity index (χ1n) is 8.67. The number of anilines is 1. The van der Waals surface area contributed by atoms with Crippen LogP contribution in [0, 0.1) is 0 Å². The first-order chi connectivity index (χ1) is 12.8. The summed E-state index contributed by atoms with van der Waals surface area (Å²) in [6, 6.07) is 5.01. The highest BCUT2D eigenvalue weighted by atomic mass is 32.2. The van der Waals surface area contributed by atoms with Crippen molar-refractivity contribution in [3.05, 3.63) is 23.8 Å². The topological polar surface area (TPSA) is 105 Å². The zero-order valence-corrected chi connectivity index (χ0v) is 16.7. The third-order valence-electron chi connectivity index (χ3n) is 4.17. The molecule has 27 heavy (non-hydrogen) atoms. The lowest BCUT2D eigenvalue weighted by Gasteiger charge is -2.22. The second-order valence-electron chi connectivity index (χ2n) is 6.43. The number of esters is 1. The van der Waals surface area contributed by atoms with E-state index in [4.69, 9.17) is 4.74 Å². The normalized spacial score (nSPS) is 18.1. The summed E-state index contributed by atoms with van der Waals surface area (Å²) in [5, 5.41) is 3.17. The van der Waals surface area contributed by atoms with E-state index in [1.165, 1.54) is 11.8 Å². The fourth-order valence-corrected chi connectivity index (χ4v) is 5.19. The minimum Gasteiger partial charge on any atom is -0.452 e. The van der Waals surface area contributed by atoms with E-state index in [1.807, 2.05) is 18.7 Å². The molecule has 1 N–H and O–H groups in total. The molecule has 1 atom stereocenters. The third-order valence-corrected chi connectivity index (χ3v) is 6.48. The Hall–Kier alpha value is -2.07. The number of ether oxygens (including phenoxy) is 1. The van der Waals surface area contributed by atoms with Gasteiger partial charge < -0.3 is 15.0 Å². The smallest absolute Gasteiger partial charge is 0.338 e. The number of amidine groups is 1. The lowest BCUT2D eigenvalue weighted by atomic mass is 10.2. The minimum absolute atomic E-state index is 0.0343. The van der Waals surface area contributed by atoms with Gasteiger partial charge in [0.1, 0.15) is 0 Å². The Labute approximate surface area is 162 Å². The highest BCUT2D eigenvalue weighted by molar-refractivity contribution is 8.15. The molecular formula is C17H21N3O5S2. The van der Waals surface area contributed by atoms with Crippen molar-refractivity contribution in [2.24, 2.45) is 4.40 Å². The number of hydrogen-bond acceptors (Lipinski definition) is 7. The lowest BCUT2D eigenvalue weighted by molar-refractivity contribution is -0.124. The number of thioether (sulfide) groups is 1. The molecule has 10 heteroatoms. The van der Waals surface area contributed by atoms with Crippen molar-refractivity contribution in [3.63, 3.8) is 0 Å². The van der Waals surface area contributed by atoms with Crippen LogP contribution in [0.1, 0.15) is 37.0 Å². The zero-order chi connectivity index (χ0) is 19.6. The standard InChI is InChI=1S/C17H21N3O5S2/c1-3-4-11(2)18-15(21)10-25-16(22)12-5-6-13-14(9-12)26-17-19-27(23,24)8-7-20(13)17/h5-6,9,11H,3-4,7-8,10H2,1-2H3,(H,18,21)/t11-/m0/s1. The number of nitrogens with one attached hydrogen (secondary N) is 1. The maximum Gasteiger partial charge on any atom is 0.338 e. The summed E-state index contributed by atoms with van der Waals surface area (Å²) in [4.78, 5) is 26.6. The van der Waals surface area contributed by atoms with Crippen molar-refractivity contribution in [2.75, 3.05) is 23.8 Å². The molecule has 146 valence electrons. The molecule has 1 aromatic carbocycles. The quantitative estimate of drug-likeness (QED) is 0.711. The number of rotatable bonds is 6. The molecular weight excluding hydrogens is 390 g/mol. The van der Waals surface area contributed by atoms with Gasteiger partial charge in [0.25, 0.3) is 15.9 Å². The predicted octanol–water partition coefficient (Wildman–Crippen LogP) is 1.76. The maximum absolute atomic E-state index is 12.2. The van der Waals surface area contributed by atoms with Crippen LogP contribution < -0.4 is 10.2 Å². The average molecular weight is 412 g/mol. The predicted molar refractivity (Wildman–Crippen MR) is 104 cm³/mol. The molecule has 0 saturated carbocycles. The molecule has 0 radical (unpaired) electrons. The van der Waals surface area contributed by atoms with E-state index in [2.05, 4.69) is 9.71 Å². The van der Waals surface area contributed by atoms with E-state index in [1.54, 1.807) is 18.2 Å². The minimum atomic E-state index is -3.42. The van der Waals surface area contributed by atoms with Gasteiger partial charge in [-0.1, -0.05) is 13.3 Å². The number of carbonyl (C=O) groups is 2. The molecule has 0 fully saturated rings. The van der Waals surface area contributed by atoms with Crippen LogP contribution in [0.2, 0.25) is 0 Å². The Morgan fingerprint density at radius 2 is 2.19 bits per heavy atom. The molecule has 2 aliphatic heterocycles. The van der Waals surface area contributed by atoms with E-state index < -0.39 is 16.0 Å². The molecule has 1 amide bonds. The molecule has 2 heterocycles. The first kappa shape index (κ1) is 19.7. The number of benzene rings is 1. The van der Waals surface area contributed by atoms with Gasteiger partial charge in [-0.15, -0.1) is 4.40 Å². The molecule has 2 aliphatic rings. The maximum atomic E-state index is 12.2. The van der Waals surface area contributed by atoms with E-state index in [0.29, 0.717) is 17.3 Å². The van der Waals surface area contributed by atoms with Crippen molar-refractivity contribution >= 4 is 44.5 Å². The highest BCUT2D eigenvalue weighted by Gasteiger charge is 2.33. The number of fused-ring (bicyclic) bond motifs is 3. The Morgan fingerprint density at radius 1 is 1.41 bits per heavy atom. The van der Waals surface area contributed by atoms with Crippen LogP contribution in [0.15, 0.2) is 27.5 Å². The summed E-state index contributed by atoms with van der Waals surface area (Å²) in [6.07, 6.45) is 1.81. The summed E-state index contributed by atoms with van der Waals surface area (Å²) < 4.78 is 32.1. The van der Waals surface area contributed by atoms with Crippen molar-refractivity contribution in [1.29, 1.82) is 0 Å². The van der Waals surface area contributed by atoms with Crippen LogP contribution >= 0.6 is 11.8 Å². The highest BCUT2D eigenvalue weighted by Crippen LogP contribution is 2.42. The molecule has 0 spiro atoms. The van der Waals surface area contributed by atoms with Crippen LogP contribution in [0.5, 0.6) is 0 Å². The van der Waals surface area contributed by atoms with Crippen LogP contribution in [0.25, 0.3) is 0 Å². The third kappa shape index (κ3) is 4.62.